The highest BCUT2D eigenvalue weighted by molar-refractivity contribution is 5.95. The fourth-order valence-electron chi connectivity index (χ4n) is 5.70. The fourth-order valence-corrected chi connectivity index (χ4v) is 5.70. The van der Waals surface area contributed by atoms with Crippen molar-refractivity contribution >= 4 is 34.1 Å². The van der Waals surface area contributed by atoms with Crippen LogP contribution < -0.4 is 19.9 Å². The molecule has 10 heteroatoms. The Morgan fingerprint density at radius 2 is 1.92 bits per heavy atom. The van der Waals surface area contributed by atoms with E-state index < -0.39 is 0 Å². The van der Waals surface area contributed by atoms with Gasteiger partial charge in [0.15, 0.2) is 0 Å². The molecule has 1 atom stereocenters. The molecule has 0 spiro atoms. The molecule has 2 N–H and O–H groups in total. The summed E-state index contributed by atoms with van der Waals surface area (Å²) in [7, 11) is 0. The number of amides is 2. The van der Waals surface area contributed by atoms with Gasteiger partial charge in [-0.25, -0.2) is 0 Å². The van der Waals surface area contributed by atoms with E-state index in [9.17, 15) is 14.7 Å². The van der Waals surface area contributed by atoms with Crippen LogP contribution in [-0.4, -0.2) is 77.2 Å². The molecule has 0 bridgehead atoms. The van der Waals surface area contributed by atoms with Crippen molar-refractivity contribution in [1.29, 1.82) is 0 Å². The van der Waals surface area contributed by atoms with E-state index in [-0.39, 0.29) is 29.6 Å². The highest BCUT2D eigenvalue weighted by Gasteiger charge is 2.29. The van der Waals surface area contributed by atoms with Gasteiger partial charge >= 0.3 is 6.01 Å². The molecule has 202 valence electrons. The summed E-state index contributed by atoms with van der Waals surface area (Å²) < 4.78 is 6.04. The summed E-state index contributed by atoms with van der Waals surface area (Å²) >= 11 is 0. The molecule has 0 unspecified atom stereocenters. The van der Waals surface area contributed by atoms with Crippen molar-refractivity contribution < 1.29 is 19.4 Å². The first kappa shape index (κ1) is 25.0. The van der Waals surface area contributed by atoms with Crippen LogP contribution >= 0.6 is 0 Å². The van der Waals surface area contributed by atoms with Crippen LogP contribution in [0.5, 0.6) is 11.8 Å². The molecule has 6 rings (SSSR count). The molecule has 1 aromatic heterocycles. The summed E-state index contributed by atoms with van der Waals surface area (Å²) in [5.74, 6) is 1.05. The molecule has 2 saturated heterocycles. The van der Waals surface area contributed by atoms with Crippen LogP contribution in [0.1, 0.15) is 24.1 Å². The molecule has 0 aliphatic carbocycles. The second-order valence-electron chi connectivity index (χ2n) is 10.2. The number of hydrogen-bond donors (Lipinski definition) is 2. The van der Waals surface area contributed by atoms with Crippen LogP contribution in [0.4, 0.5) is 11.5 Å². The molecule has 39 heavy (non-hydrogen) atoms. The zero-order valence-electron chi connectivity index (χ0n) is 21.8. The summed E-state index contributed by atoms with van der Waals surface area (Å²) in [6.45, 7) is 7.71. The van der Waals surface area contributed by atoms with Gasteiger partial charge in [-0.2, -0.15) is 9.97 Å². The third-order valence-electron chi connectivity index (χ3n) is 7.75. The van der Waals surface area contributed by atoms with Gasteiger partial charge in [0.05, 0.1) is 18.3 Å². The maximum absolute atomic E-state index is 12.1. The van der Waals surface area contributed by atoms with Gasteiger partial charge in [0.2, 0.25) is 11.8 Å². The Bertz CT molecular complexity index is 1430. The van der Waals surface area contributed by atoms with Gasteiger partial charge in [0.1, 0.15) is 18.2 Å². The van der Waals surface area contributed by atoms with E-state index in [1.807, 2.05) is 24.3 Å². The van der Waals surface area contributed by atoms with Gasteiger partial charge in [-0.3, -0.25) is 9.59 Å². The third-order valence-corrected chi connectivity index (χ3v) is 7.75. The molecule has 0 saturated carbocycles. The number of phenolic OH excluding ortho intramolecular Hbond substituents is 1. The molecular formula is C29H32N6O4. The van der Waals surface area contributed by atoms with E-state index in [1.54, 1.807) is 11.0 Å². The molecule has 3 aliphatic heterocycles. The molecule has 0 radical (unpaired) electrons. The predicted molar refractivity (Wildman–Crippen MR) is 148 cm³/mol. The van der Waals surface area contributed by atoms with Crippen LogP contribution in [0.25, 0.3) is 10.8 Å². The molecule has 2 amide bonds. The SMILES string of the molecule is C=CC(=O)N1CCN(c2nc(OC[C@H]3CCC(=O)N3)nc3c2CCN(c2cc(O)cc4ccccc24)C3)CC1. The number of carbonyl (C=O) groups is 2. The van der Waals surface area contributed by atoms with Crippen molar-refractivity contribution in [2.45, 2.75) is 31.8 Å². The average Bonchev–Trinajstić information content (AvgIpc) is 3.39. The number of nitrogens with one attached hydrogen (secondary N) is 1. The van der Waals surface area contributed by atoms with Crippen molar-refractivity contribution in [2.75, 3.05) is 49.1 Å². The first-order valence-electron chi connectivity index (χ1n) is 13.4. The largest absolute Gasteiger partial charge is 0.508 e. The highest BCUT2D eigenvalue weighted by Crippen LogP contribution is 2.36. The number of anilines is 2. The minimum Gasteiger partial charge on any atom is -0.508 e. The minimum absolute atomic E-state index is 0.0385. The van der Waals surface area contributed by atoms with E-state index >= 15 is 0 Å². The standard InChI is InChI=1S/C29H32N6O4/c1-2-27(38)33-11-13-34(14-12-33)28-23-9-10-35(25-16-21(36)15-19-5-3-4-6-22(19)25)17-24(23)31-29(32-28)39-18-20-7-8-26(37)30-20/h2-6,15-16,20,36H,1,7-14,17-18H2,(H,30,37)/t20-/m1/s1. The number of aromatic nitrogens is 2. The molecule has 10 nitrogen and oxygen atoms in total. The molecule has 3 aliphatic rings. The number of ether oxygens (including phenoxy) is 1. The van der Waals surface area contributed by atoms with E-state index in [2.05, 4.69) is 27.8 Å². The molecule has 4 heterocycles. The Morgan fingerprint density at radius 3 is 2.69 bits per heavy atom. The maximum Gasteiger partial charge on any atom is 0.318 e. The maximum atomic E-state index is 12.1. The Kier molecular flexibility index (Phi) is 6.68. The Labute approximate surface area is 226 Å². The van der Waals surface area contributed by atoms with Crippen molar-refractivity contribution in [3.05, 3.63) is 60.3 Å². The molecular weight excluding hydrogens is 496 g/mol. The summed E-state index contributed by atoms with van der Waals surface area (Å²) in [5.41, 5.74) is 2.93. The number of piperazine rings is 1. The van der Waals surface area contributed by atoms with Crippen molar-refractivity contribution in [3.8, 4) is 11.8 Å². The smallest absolute Gasteiger partial charge is 0.318 e. The van der Waals surface area contributed by atoms with E-state index in [1.165, 1.54) is 6.08 Å². The highest BCUT2D eigenvalue weighted by atomic mass is 16.5. The Balaban J connectivity index is 1.31. The minimum atomic E-state index is -0.0593. The van der Waals surface area contributed by atoms with E-state index in [0.29, 0.717) is 45.8 Å². The van der Waals surface area contributed by atoms with E-state index in [0.717, 1.165) is 52.9 Å². The van der Waals surface area contributed by atoms with Crippen molar-refractivity contribution in [2.24, 2.45) is 0 Å². The first-order valence-corrected chi connectivity index (χ1v) is 13.4. The summed E-state index contributed by atoms with van der Waals surface area (Å²) in [6.07, 6.45) is 3.33. The van der Waals surface area contributed by atoms with Crippen LogP contribution in [-0.2, 0) is 22.6 Å². The lowest BCUT2D eigenvalue weighted by Crippen LogP contribution is -2.49. The van der Waals surface area contributed by atoms with Gasteiger partial charge in [0.25, 0.3) is 0 Å². The van der Waals surface area contributed by atoms with Gasteiger partial charge in [-0.15, -0.1) is 0 Å². The number of benzene rings is 2. The van der Waals surface area contributed by atoms with Gasteiger partial charge in [0, 0.05) is 61.8 Å². The Hall–Kier alpha value is -4.34. The van der Waals surface area contributed by atoms with Gasteiger partial charge in [-0.1, -0.05) is 30.8 Å². The third kappa shape index (κ3) is 5.06. The molecule has 3 aromatic rings. The predicted octanol–water partition coefficient (Wildman–Crippen LogP) is 2.39. The van der Waals surface area contributed by atoms with Gasteiger partial charge < -0.3 is 29.9 Å². The lowest BCUT2D eigenvalue weighted by atomic mass is 10.0. The zero-order valence-corrected chi connectivity index (χ0v) is 21.8. The lowest BCUT2D eigenvalue weighted by Gasteiger charge is -2.38. The number of aromatic hydroxyl groups is 1. The number of phenols is 1. The number of nitrogens with zero attached hydrogens (tertiary/aromatic N) is 5. The Morgan fingerprint density at radius 1 is 1.10 bits per heavy atom. The summed E-state index contributed by atoms with van der Waals surface area (Å²) in [5, 5.41) is 15.4. The number of fused-ring (bicyclic) bond motifs is 2. The monoisotopic (exact) mass is 528 g/mol. The zero-order chi connectivity index (χ0) is 26.9. The first-order chi connectivity index (χ1) is 19.0. The van der Waals surface area contributed by atoms with Crippen LogP contribution in [0, 0.1) is 0 Å². The number of hydrogen-bond acceptors (Lipinski definition) is 8. The molecule has 2 fully saturated rings. The van der Waals surface area contributed by atoms with Crippen LogP contribution in [0.15, 0.2) is 49.1 Å². The average molecular weight is 529 g/mol. The van der Waals surface area contributed by atoms with Crippen molar-refractivity contribution in [3.63, 3.8) is 0 Å². The normalized spacial score (nSPS) is 19.1. The topological polar surface area (TPSA) is 111 Å². The van der Waals surface area contributed by atoms with E-state index in [4.69, 9.17) is 14.7 Å². The van der Waals surface area contributed by atoms with Crippen molar-refractivity contribution in [1.82, 2.24) is 20.2 Å². The van der Waals surface area contributed by atoms with Crippen LogP contribution in [0.3, 0.4) is 0 Å². The van der Waals surface area contributed by atoms with Crippen LogP contribution in [0.2, 0.25) is 0 Å². The quantitative estimate of drug-likeness (QED) is 0.470. The fraction of sp³-hybridized carbons (Fsp3) is 0.379. The van der Waals surface area contributed by atoms with Gasteiger partial charge in [-0.05, 0) is 30.4 Å². The summed E-state index contributed by atoms with van der Waals surface area (Å²) in [6, 6.07) is 11.9. The number of carbonyl (C=O) groups excluding carboxylic acids is 2. The lowest BCUT2D eigenvalue weighted by molar-refractivity contribution is -0.126. The number of rotatable bonds is 6. The second kappa shape index (κ2) is 10.4. The summed E-state index contributed by atoms with van der Waals surface area (Å²) in [4.78, 5) is 39.7. The molecule has 2 aromatic carbocycles. The second-order valence-corrected chi connectivity index (χ2v) is 10.2.